The molecule has 0 aliphatic rings. The van der Waals surface area contributed by atoms with E-state index in [2.05, 4.69) is 13.8 Å². The van der Waals surface area contributed by atoms with Crippen LogP contribution in [0.2, 0.25) is 0 Å². The molecule has 84 valence electrons. The maximum atomic E-state index is 10.7. The van der Waals surface area contributed by atoms with Crippen molar-refractivity contribution in [2.24, 2.45) is 5.92 Å². The van der Waals surface area contributed by atoms with E-state index in [-0.39, 0.29) is 5.97 Å². The van der Waals surface area contributed by atoms with Gasteiger partial charge in [-0.15, -0.1) is 0 Å². The molecule has 0 aliphatic carbocycles. The van der Waals surface area contributed by atoms with Crippen LogP contribution < -0.4 is 0 Å². The number of hydrogen-bond acceptors (Lipinski definition) is 2. The maximum absolute atomic E-state index is 10.7. The highest BCUT2D eigenvalue weighted by Crippen LogP contribution is 2.16. The first-order valence-corrected chi connectivity index (χ1v) is 5.84. The van der Waals surface area contributed by atoms with Crippen LogP contribution >= 0.6 is 0 Å². The van der Waals surface area contributed by atoms with E-state index in [1.165, 1.54) is 45.4 Å². The Labute approximate surface area is 88.0 Å². The van der Waals surface area contributed by atoms with Crippen molar-refractivity contribution in [2.45, 2.75) is 59.3 Å². The minimum atomic E-state index is -0.151. The molecule has 0 spiro atoms. The van der Waals surface area contributed by atoms with Gasteiger partial charge in [-0.25, -0.2) is 0 Å². The van der Waals surface area contributed by atoms with Crippen LogP contribution in [0.3, 0.4) is 0 Å². The van der Waals surface area contributed by atoms with Gasteiger partial charge in [0.2, 0.25) is 0 Å². The second-order valence-corrected chi connectivity index (χ2v) is 3.95. The van der Waals surface area contributed by atoms with Gasteiger partial charge in [0, 0.05) is 6.92 Å². The zero-order valence-electron chi connectivity index (χ0n) is 9.84. The summed E-state index contributed by atoms with van der Waals surface area (Å²) in [6.07, 6.45) is 7.37. The van der Waals surface area contributed by atoms with E-state index in [9.17, 15) is 4.79 Å². The van der Waals surface area contributed by atoms with E-state index < -0.39 is 0 Å². The first-order chi connectivity index (χ1) is 6.70. The minimum absolute atomic E-state index is 0.151. The normalized spacial score (nSPS) is 12.5. The maximum Gasteiger partial charge on any atom is 0.302 e. The van der Waals surface area contributed by atoms with E-state index in [1.807, 2.05) is 0 Å². The highest BCUT2D eigenvalue weighted by molar-refractivity contribution is 5.65. The molecular weight excluding hydrogens is 176 g/mol. The van der Waals surface area contributed by atoms with Gasteiger partial charge >= 0.3 is 5.97 Å². The third-order valence-electron chi connectivity index (χ3n) is 2.44. The quantitative estimate of drug-likeness (QED) is 0.442. The van der Waals surface area contributed by atoms with E-state index >= 15 is 0 Å². The third kappa shape index (κ3) is 8.09. The summed E-state index contributed by atoms with van der Waals surface area (Å²) in [6, 6.07) is 0. The molecule has 0 saturated carbocycles. The average molecular weight is 200 g/mol. The second-order valence-electron chi connectivity index (χ2n) is 3.95. The Morgan fingerprint density at radius 3 is 2.36 bits per heavy atom. The Balaban J connectivity index is 3.59. The fourth-order valence-corrected chi connectivity index (χ4v) is 1.64. The largest absolute Gasteiger partial charge is 0.466 e. The van der Waals surface area contributed by atoms with E-state index in [1.54, 1.807) is 0 Å². The van der Waals surface area contributed by atoms with Gasteiger partial charge in [-0.3, -0.25) is 4.79 Å². The van der Waals surface area contributed by atoms with Gasteiger partial charge in [0.25, 0.3) is 0 Å². The van der Waals surface area contributed by atoms with Crippen molar-refractivity contribution in [2.75, 3.05) is 6.61 Å². The Kier molecular flexibility index (Phi) is 8.70. The van der Waals surface area contributed by atoms with Gasteiger partial charge < -0.3 is 4.74 Å². The molecule has 0 aromatic rings. The standard InChI is InChI=1S/C12H24O2/c1-4-6-7-9-12(8-5-2)10-14-11(3)13/h12H,4-10H2,1-3H3. The summed E-state index contributed by atoms with van der Waals surface area (Å²) in [4.78, 5) is 10.7. The highest BCUT2D eigenvalue weighted by Gasteiger charge is 2.08. The number of rotatable bonds is 8. The Morgan fingerprint density at radius 1 is 1.14 bits per heavy atom. The fraction of sp³-hybridized carbons (Fsp3) is 0.917. The summed E-state index contributed by atoms with van der Waals surface area (Å²) in [5.41, 5.74) is 0. The van der Waals surface area contributed by atoms with Gasteiger partial charge in [0.1, 0.15) is 0 Å². The highest BCUT2D eigenvalue weighted by atomic mass is 16.5. The number of esters is 1. The molecule has 0 aromatic heterocycles. The van der Waals surface area contributed by atoms with E-state index in [4.69, 9.17) is 4.74 Å². The predicted molar refractivity (Wildman–Crippen MR) is 59.2 cm³/mol. The van der Waals surface area contributed by atoms with Crippen molar-refractivity contribution < 1.29 is 9.53 Å². The molecule has 0 bridgehead atoms. The summed E-state index contributed by atoms with van der Waals surface area (Å²) in [7, 11) is 0. The first-order valence-electron chi connectivity index (χ1n) is 5.84. The van der Waals surface area contributed by atoms with E-state index in [0.29, 0.717) is 12.5 Å². The van der Waals surface area contributed by atoms with Crippen LogP contribution in [0.15, 0.2) is 0 Å². The number of carbonyl (C=O) groups excluding carboxylic acids is 1. The number of hydrogen-bond donors (Lipinski definition) is 0. The van der Waals surface area contributed by atoms with Crippen LogP contribution in [-0.2, 0) is 9.53 Å². The summed E-state index contributed by atoms with van der Waals surface area (Å²) in [5.74, 6) is 0.428. The Hall–Kier alpha value is -0.530. The third-order valence-corrected chi connectivity index (χ3v) is 2.44. The van der Waals surface area contributed by atoms with Gasteiger partial charge in [-0.1, -0.05) is 39.5 Å². The van der Waals surface area contributed by atoms with Crippen LogP contribution in [0.25, 0.3) is 0 Å². The Morgan fingerprint density at radius 2 is 1.86 bits per heavy atom. The van der Waals surface area contributed by atoms with Gasteiger partial charge in [-0.05, 0) is 18.8 Å². The molecule has 0 aromatic carbocycles. The predicted octanol–water partition coefficient (Wildman–Crippen LogP) is 3.55. The molecule has 0 amide bonds. The molecular formula is C12H24O2. The monoisotopic (exact) mass is 200 g/mol. The van der Waals surface area contributed by atoms with Crippen LogP contribution in [0, 0.1) is 5.92 Å². The molecule has 0 N–H and O–H groups in total. The number of unbranched alkanes of at least 4 members (excludes halogenated alkanes) is 2. The van der Waals surface area contributed by atoms with Crippen molar-refractivity contribution in [3.63, 3.8) is 0 Å². The summed E-state index contributed by atoms with van der Waals surface area (Å²) in [6.45, 7) is 6.49. The number of carbonyl (C=O) groups is 1. The molecule has 0 rings (SSSR count). The lowest BCUT2D eigenvalue weighted by atomic mass is 9.97. The molecule has 0 aliphatic heterocycles. The smallest absolute Gasteiger partial charge is 0.302 e. The molecule has 0 fully saturated rings. The lowest BCUT2D eigenvalue weighted by Gasteiger charge is -2.15. The van der Waals surface area contributed by atoms with Crippen LogP contribution in [0.5, 0.6) is 0 Å². The SMILES string of the molecule is CCCCCC(CCC)COC(C)=O. The van der Waals surface area contributed by atoms with Gasteiger partial charge in [0.15, 0.2) is 0 Å². The summed E-state index contributed by atoms with van der Waals surface area (Å²) < 4.78 is 5.05. The molecule has 14 heavy (non-hydrogen) atoms. The number of ether oxygens (including phenoxy) is 1. The van der Waals surface area contributed by atoms with Crippen molar-refractivity contribution in [1.82, 2.24) is 0 Å². The molecule has 2 nitrogen and oxygen atoms in total. The average Bonchev–Trinajstić information content (AvgIpc) is 2.14. The lowest BCUT2D eigenvalue weighted by Crippen LogP contribution is -2.12. The first kappa shape index (κ1) is 13.5. The van der Waals surface area contributed by atoms with Crippen molar-refractivity contribution >= 4 is 5.97 Å². The van der Waals surface area contributed by atoms with Crippen molar-refractivity contribution in [3.8, 4) is 0 Å². The second kappa shape index (κ2) is 9.04. The van der Waals surface area contributed by atoms with Crippen LogP contribution in [-0.4, -0.2) is 12.6 Å². The summed E-state index contributed by atoms with van der Waals surface area (Å²) >= 11 is 0. The van der Waals surface area contributed by atoms with Crippen LogP contribution in [0.1, 0.15) is 59.3 Å². The van der Waals surface area contributed by atoms with E-state index in [0.717, 1.165) is 0 Å². The van der Waals surface area contributed by atoms with Gasteiger partial charge in [0.05, 0.1) is 6.61 Å². The summed E-state index contributed by atoms with van der Waals surface area (Å²) in [5, 5.41) is 0. The molecule has 1 unspecified atom stereocenters. The molecule has 0 heterocycles. The Bertz CT molecular complexity index is 143. The molecule has 0 saturated heterocycles. The topological polar surface area (TPSA) is 26.3 Å². The molecule has 2 heteroatoms. The zero-order chi connectivity index (χ0) is 10.8. The molecule has 0 radical (unpaired) electrons. The van der Waals surface area contributed by atoms with Gasteiger partial charge in [-0.2, -0.15) is 0 Å². The van der Waals surface area contributed by atoms with Crippen LogP contribution in [0.4, 0.5) is 0 Å². The molecule has 1 atom stereocenters. The zero-order valence-corrected chi connectivity index (χ0v) is 9.84. The lowest BCUT2D eigenvalue weighted by molar-refractivity contribution is -0.142. The van der Waals surface area contributed by atoms with Crippen molar-refractivity contribution in [1.29, 1.82) is 0 Å². The van der Waals surface area contributed by atoms with Crippen molar-refractivity contribution in [3.05, 3.63) is 0 Å². The fourth-order valence-electron chi connectivity index (χ4n) is 1.64. The minimum Gasteiger partial charge on any atom is -0.466 e.